The van der Waals surface area contributed by atoms with Gasteiger partial charge in [-0.2, -0.15) is 0 Å². The highest BCUT2D eigenvalue weighted by Crippen LogP contribution is 2.41. The number of carbonyl (C=O) groups excluding carboxylic acids is 1. The minimum absolute atomic E-state index is 0.0361. The standard InChI is InChI=1S/C17H11Cl2FO2S/c1-2-22-17(21)16-15(9-3-6-12(19)13(20)7-9)11-5-4-10(18)8-14(11)23-16/h3-8H,2H2,1H3. The number of esters is 1. The molecule has 0 saturated carbocycles. The summed E-state index contributed by atoms with van der Waals surface area (Å²) >= 11 is 13.1. The van der Waals surface area contributed by atoms with Crippen LogP contribution < -0.4 is 0 Å². The summed E-state index contributed by atoms with van der Waals surface area (Å²) in [5.74, 6) is -0.970. The second-order valence-corrected chi connectivity index (χ2v) is 6.69. The number of thiophene rings is 1. The number of halogens is 3. The van der Waals surface area contributed by atoms with Gasteiger partial charge in [-0.25, -0.2) is 9.18 Å². The number of rotatable bonds is 3. The van der Waals surface area contributed by atoms with Gasteiger partial charge in [0, 0.05) is 20.7 Å². The van der Waals surface area contributed by atoms with E-state index in [0.29, 0.717) is 21.0 Å². The predicted molar refractivity (Wildman–Crippen MR) is 93.2 cm³/mol. The van der Waals surface area contributed by atoms with Gasteiger partial charge >= 0.3 is 5.97 Å². The van der Waals surface area contributed by atoms with E-state index in [-0.39, 0.29) is 11.6 Å². The van der Waals surface area contributed by atoms with Crippen LogP contribution in [0.1, 0.15) is 16.6 Å². The Bertz CT molecular complexity index is 905. The second-order valence-electron chi connectivity index (χ2n) is 4.80. The van der Waals surface area contributed by atoms with Gasteiger partial charge in [0.15, 0.2) is 0 Å². The molecule has 1 heterocycles. The molecular formula is C17H11Cl2FO2S. The molecule has 0 aliphatic rings. The lowest BCUT2D eigenvalue weighted by Crippen LogP contribution is -2.03. The summed E-state index contributed by atoms with van der Waals surface area (Å²) < 4.78 is 19.8. The van der Waals surface area contributed by atoms with E-state index in [1.807, 2.05) is 6.07 Å². The molecule has 0 bridgehead atoms. The molecule has 2 aromatic carbocycles. The predicted octanol–water partition coefficient (Wildman–Crippen LogP) is 6.19. The molecule has 3 rings (SSSR count). The van der Waals surface area contributed by atoms with E-state index in [2.05, 4.69) is 0 Å². The Morgan fingerprint density at radius 3 is 2.70 bits per heavy atom. The first-order valence-corrected chi connectivity index (χ1v) is 8.43. The fourth-order valence-corrected chi connectivity index (χ4v) is 3.86. The van der Waals surface area contributed by atoms with E-state index in [1.54, 1.807) is 25.1 Å². The molecular weight excluding hydrogens is 358 g/mol. The van der Waals surface area contributed by atoms with Crippen molar-refractivity contribution in [2.24, 2.45) is 0 Å². The Morgan fingerprint density at radius 2 is 2.00 bits per heavy atom. The quantitative estimate of drug-likeness (QED) is 0.515. The molecule has 0 aliphatic carbocycles. The average molecular weight is 369 g/mol. The van der Waals surface area contributed by atoms with E-state index < -0.39 is 11.8 Å². The first-order valence-electron chi connectivity index (χ1n) is 6.86. The highest BCUT2D eigenvalue weighted by molar-refractivity contribution is 7.21. The number of hydrogen-bond acceptors (Lipinski definition) is 3. The van der Waals surface area contributed by atoms with Crippen molar-refractivity contribution in [3.05, 3.63) is 57.1 Å². The van der Waals surface area contributed by atoms with Crippen LogP contribution in [0.15, 0.2) is 36.4 Å². The molecule has 118 valence electrons. The van der Waals surface area contributed by atoms with Gasteiger partial charge in [-0.1, -0.05) is 35.3 Å². The van der Waals surface area contributed by atoms with Crippen LogP contribution in [0.25, 0.3) is 21.2 Å². The maximum atomic E-state index is 13.9. The zero-order valence-electron chi connectivity index (χ0n) is 12.0. The summed E-state index contributed by atoms with van der Waals surface area (Å²) in [6, 6.07) is 9.81. The third-order valence-electron chi connectivity index (χ3n) is 3.32. The van der Waals surface area contributed by atoms with Crippen molar-refractivity contribution in [1.82, 2.24) is 0 Å². The summed E-state index contributed by atoms with van der Waals surface area (Å²) in [6.07, 6.45) is 0. The third-order valence-corrected chi connectivity index (χ3v) is 5.00. The van der Waals surface area contributed by atoms with E-state index in [0.717, 1.165) is 10.1 Å². The molecule has 1 aromatic heterocycles. The molecule has 0 aliphatic heterocycles. The summed E-state index contributed by atoms with van der Waals surface area (Å²) in [7, 11) is 0. The summed E-state index contributed by atoms with van der Waals surface area (Å²) in [4.78, 5) is 12.7. The largest absolute Gasteiger partial charge is 0.462 e. The molecule has 2 nitrogen and oxygen atoms in total. The highest BCUT2D eigenvalue weighted by atomic mass is 35.5. The Hall–Kier alpha value is -1.62. The van der Waals surface area contributed by atoms with E-state index in [4.69, 9.17) is 27.9 Å². The smallest absolute Gasteiger partial charge is 0.348 e. The normalized spacial score (nSPS) is 11.0. The number of ether oxygens (including phenoxy) is 1. The first kappa shape index (κ1) is 16.2. The van der Waals surface area contributed by atoms with Crippen LogP contribution in [0.3, 0.4) is 0 Å². The lowest BCUT2D eigenvalue weighted by Gasteiger charge is -2.06. The van der Waals surface area contributed by atoms with Crippen LogP contribution in [0.2, 0.25) is 10.0 Å². The second kappa shape index (κ2) is 6.48. The fourth-order valence-electron chi connectivity index (χ4n) is 2.35. The topological polar surface area (TPSA) is 26.3 Å². The summed E-state index contributed by atoms with van der Waals surface area (Å²) in [5, 5.41) is 1.43. The highest BCUT2D eigenvalue weighted by Gasteiger charge is 2.21. The van der Waals surface area contributed by atoms with E-state index in [1.165, 1.54) is 23.5 Å². The average Bonchev–Trinajstić information content (AvgIpc) is 2.89. The van der Waals surface area contributed by atoms with Crippen LogP contribution in [0, 0.1) is 5.82 Å². The van der Waals surface area contributed by atoms with Crippen molar-refractivity contribution in [3.8, 4) is 11.1 Å². The Balaban J connectivity index is 2.29. The monoisotopic (exact) mass is 368 g/mol. The van der Waals surface area contributed by atoms with Crippen LogP contribution >= 0.6 is 34.5 Å². The van der Waals surface area contributed by atoms with Crippen LogP contribution in [0.5, 0.6) is 0 Å². The zero-order chi connectivity index (χ0) is 16.6. The van der Waals surface area contributed by atoms with Crippen LogP contribution in [-0.4, -0.2) is 12.6 Å². The molecule has 0 atom stereocenters. The van der Waals surface area contributed by atoms with E-state index >= 15 is 0 Å². The van der Waals surface area contributed by atoms with Crippen molar-refractivity contribution < 1.29 is 13.9 Å². The molecule has 0 fully saturated rings. The van der Waals surface area contributed by atoms with Crippen molar-refractivity contribution in [2.45, 2.75) is 6.92 Å². The minimum atomic E-state index is -0.535. The minimum Gasteiger partial charge on any atom is -0.462 e. The molecule has 0 unspecified atom stereocenters. The molecule has 0 saturated heterocycles. The van der Waals surface area contributed by atoms with Gasteiger partial charge in [0.1, 0.15) is 10.7 Å². The van der Waals surface area contributed by atoms with Gasteiger partial charge in [0.25, 0.3) is 0 Å². The number of fused-ring (bicyclic) bond motifs is 1. The number of hydrogen-bond donors (Lipinski definition) is 0. The first-order chi connectivity index (χ1) is 11.0. The van der Waals surface area contributed by atoms with Gasteiger partial charge in [-0.05, 0) is 36.8 Å². The molecule has 0 N–H and O–H groups in total. The van der Waals surface area contributed by atoms with Gasteiger partial charge in [-0.3, -0.25) is 0 Å². The van der Waals surface area contributed by atoms with E-state index in [9.17, 15) is 9.18 Å². The van der Waals surface area contributed by atoms with Crippen LogP contribution in [0.4, 0.5) is 4.39 Å². The van der Waals surface area contributed by atoms with Gasteiger partial charge in [0.05, 0.1) is 11.6 Å². The van der Waals surface area contributed by atoms with Crippen molar-refractivity contribution >= 4 is 50.6 Å². The zero-order valence-corrected chi connectivity index (χ0v) is 14.4. The van der Waals surface area contributed by atoms with Gasteiger partial charge in [0.2, 0.25) is 0 Å². The van der Waals surface area contributed by atoms with Crippen LogP contribution in [-0.2, 0) is 4.74 Å². The molecule has 3 aromatic rings. The lowest BCUT2D eigenvalue weighted by atomic mass is 10.0. The number of carbonyl (C=O) groups is 1. The molecule has 6 heteroatoms. The van der Waals surface area contributed by atoms with Gasteiger partial charge in [-0.15, -0.1) is 11.3 Å². The lowest BCUT2D eigenvalue weighted by molar-refractivity contribution is 0.0533. The summed E-state index contributed by atoms with van der Waals surface area (Å²) in [6.45, 7) is 2.01. The molecule has 0 amide bonds. The SMILES string of the molecule is CCOC(=O)c1sc2cc(Cl)ccc2c1-c1ccc(Cl)c(F)c1. The van der Waals surface area contributed by atoms with Gasteiger partial charge < -0.3 is 4.74 Å². The Kier molecular flexibility index (Phi) is 4.57. The number of benzene rings is 2. The van der Waals surface area contributed by atoms with Crippen molar-refractivity contribution in [1.29, 1.82) is 0 Å². The maximum Gasteiger partial charge on any atom is 0.348 e. The maximum absolute atomic E-state index is 13.9. The molecule has 0 spiro atoms. The Labute approximate surface area is 146 Å². The molecule has 23 heavy (non-hydrogen) atoms. The fraction of sp³-hybridized carbons (Fsp3) is 0.118. The third kappa shape index (κ3) is 3.07. The Morgan fingerprint density at radius 1 is 1.22 bits per heavy atom. The summed E-state index contributed by atoms with van der Waals surface area (Å²) in [5.41, 5.74) is 1.21. The van der Waals surface area contributed by atoms with Crippen molar-refractivity contribution in [2.75, 3.05) is 6.61 Å². The molecule has 0 radical (unpaired) electrons. The van der Waals surface area contributed by atoms with Crippen molar-refractivity contribution in [3.63, 3.8) is 0 Å².